The average Bonchev–Trinajstić information content (AvgIpc) is 2.29. The molecule has 3 heteroatoms. The average molecular weight is 227 g/mol. The van der Waals surface area contributed by atoms with Crippen LogP contribution in [0.3, 0.4) is 0 Å². The van der Waals surface area contributed by atoms with Gasteiger partial charge in [0.2, 0.25) is 11.8 Å². The molecule has 0 aromatic carbocycles. The third-order valence-electron chi connectivity index (χ3n) is 3.26. The molecule has 0 spiro atoms. The van der Waals surface area contributed by atoms with E-state index in [1.54, 1.807) is 6.92 Å². The molecule has 0 fully saturated rings. The Bertz CT molecular complexity index is 250. The van der Waals surface area contributed by atoms with E-state index in [1.807, 2.05) is 20.8 Å². The zero-order chi connectivity index (χ0) is 12.8. The first-order chi connectivity index (χ1) is 7.46. The summed E-state index contributed by atoms with van der Waals surface area (Å²) in [6.07, 6.45) is 2.99. The Morgan fingerprint density at radius 3 is 2.00 bits per heavy atom. The molecule has 2 amide bonds. The van der Waals surface area contributed by atoms with E-state index in [-0.39, 0.29) is 17.2 Å². The van der Waals surface area contributed by atoms with E-state index >= 15 is 0 Å². The lowest BCUT2D eigenvalue weighted by Gasteiger charge is -2.32. The van der Waals surface area contributed by atoms with Gasteiger partial charge in [0, 0.05) is 18.4 Å². The first kappa shape index (κ1) is 15.1. The highest BCUT2D eigenvalue weighted by atomic mass is 16.2. The van der Waals surface area contributed by atoms with Gasteiger partial charge >= 0.3 is 0 Å². The van der Waals surface area contributed by atoms with Gasteiger partial charge in [0.05, 0.1) is 0 Å². The number of nitrogens with zero attached hydrogens (tertiary/aromatic N) is 1. The predicted octanol–water partition coefficient (Wildman–Crippen LogP) is 2.99. The van der Waals surface area contributed by atoms with Gasteiger partial charge < -0.3 is 0 Å². The lowest BCUT2D eigenvalue weighted by Crippen LogP contribution is -2.45. The van der Waals surface area contributed by atoms with Crippen molar-refractivity contribution in [3.05, 3.63) is 0 Å². The number of carbonyl (C=O) groups is 2. The molecular weight excluding hydrogens is 202 g/mol. The topological polar surface area (TPSA) is 37.4 Å². The normalized spacial score (nSPS) is 14.3. The Morgan fingerprint density at radius 1 is 1.12 bits per heavy atom. The number of hydrogen-bond donors (Lipinski definition) is 0. The Labute approximate surface area is 99.2 Å². The smallest absolute Gasteiger partial charge is 0.235 e. The van der Waals surface area contributed by atoms with Crippen LogP contribution >= 0.6 is 0 Å². The van der Waals surface area contributed by atoms with Gasteiger partial charge in [0.1, 0.15) is 0 Å². The summed E-state index contributed by atoms with van der Waals surface area (Å²) in [5, 5.41) is 0. The maximum atomic E-state index is 12.3. The molecule has 0 bridgehead atoms. The van der Waals surface area contributed by atoms with Crippen LogP contribution in [0.15, 0.2) is 0 Å². The minimum atomic E-state index is -0.379. The molecule has 94 valence electrons. The molecule has 0 aliphatic heterocycles. The van der Waals surface area contributed by atoms with E-state index < -0.39 is 0 Å². The zero-order valence-electron chi connectivity index (χ0n) is 11.3. The summed E-state index contributed by atoms with van der Waals surface area (Å²) in [5.74, 6) is -0.0746. The second-order valence-corrected chi connectivity index (χ2v) is 4.46. The molecule has 3 nitrogen and oxygen atoms in total. The lowest BCUT2D eigenvalue weighted by molar-refractivity contribution is -0.151. The van der Waals surface area contributed by atoms with Crippen LogP contribution in [0, 0.1) is 5.41 Å². The van der Waals surface area contributed by atoms with Gasteiger partial charge in [-0.1, -0.05) is 34.1 Å². The molecule has 0 saturated heterocycles. The Kier molecular flexibility index (Phi) is 6.31. The minimum absolute atomic E-state index is 0.00815. The number of hydrogen-bond acceptors (Lipinski definition) is 2. The summed E-state index contributed by atoms with van der Waals surface area (Å²) in [4.78, 5) is 25.4. The van der Waals surface area contributed by atoms with Crippen molar-refractivity contribution in [2.24, 2.45) is 5.41 Å². The SMILES string of the molecule is CCCC(C)(CC)C(=O)N(CC)C(=O)CC. The largest absolute Gasteiger partial charge is 0.282 e. The first-order valence-electron chi connectivity index (χ1n) is 6.31. The van der Waals surface area contributed by atoms with Crippen LogP contribution in [-0.4, -0.2) is 23.3 Å². The van der Waals surface area contributed by atoms with Crippen LogP contribution in [0.5, 0.6) is 0 Å². The second kappa shape index (κ2) is 6.66. The molecule has 0 rings (SSSR count). The van der Waals surface area contributed by atoms with Crippen molar-refractivity contribution in [2.75, 3.05) is 6.54 Å². The van der Waals surface area contributed by atoms with Crippen molar-refractivity contribution in [3.63, 3.8) is 0 Å². The summed E-state index contributed by atoms with van der Waals surface area (Å²) in [6.45, 7) is 10.2. The van der Waals surface area contributed by atoms with Gasteiger partial charge in [0.15, 0.2) is 0 Å². The van der Waals surface area contributed by atoms with Crippen molar-refractivity contribution in [1.82, 2.24) is 4.90 Å². The summed E-state index contributed by atoms with van der Waals surface area (Å²) in [6, 6.07) is 0. The van der Waals surface area contributed by atoms with E-state index in [1.165, 1.54) is 4.90 Å². The fraction of sp³-hybridized carbons (Fsp3) is 0.846. The molecule has 16 heavy (non-hydrogen) atoms. The lowest BCUT2D eigenvalue weighted by atomic mass is 9.81. The molecule has 0 aromatic rings. The quantitative estimate of drug-likeness (QED) is 0.699. The molecule has 0 aliphatic carbocycles. The second-order valence-electron chi connectivity index (χ2n) is 4.46. The number of rotatable bonds is 6. The third kappa shape index (κ3) is 3.32. The van der Waals surface area contributed by atoms with E-state index in [9.17, 15) is 9.59 Å². The van der Waals surface area contributed by atoms with Crippen LogP contribution in [0.25, 0.3) is 0 Å². The van der Waals surface area contributed by atoms with Gasteiger partial charge in [-0.15, -0.1) is 0 Å². The van der Waals surface area contributed by atoms with Crippen LogP contribution in [0.4, 0.5) is 0 Å². The third-order valence-corrected chi connectivity index (χ3v) is 3.26. The van der Waals surface area contributed by atoms with Crippen LogP contribution in [0.1, 0.15) is 60.3 Å². The predicted molar refractivity (Wildman–Crippen MR) is 66.0 cm³/mol. The van der Waals surface area contributed by atoms with Crippen LogP contribution in [0.2, 0.25) is 0 Å². The summed E-state index contributed by atoms with van der Waals surface area (Å²) in [7, 11) is 0. The molecule has 0 aromatic heterocycles. The van der Waals surface area contributed by atoms with Gasteiger partial charge in [-0.3, -0.25) is 14.5 Å². The van der Waals surface area contributed by atoms with Gasteiger partial charge in [-0.2, -0.15) is 0 Å². The molecule has 0 radical (unpaired) electrons. The minimum Gasteiger partial charge on any atom is -0.282 e. The summed E-state index contributed by atoms with van der Waals surface area (Å²) >= 11 is 0. The summed E-state index contributed by atoms with van der Waals surface area (Å²) < 4.78 is 0. The maximum absolute atomic E-state index is 12.3. The highest BCUT2D eigenvalue weighted by molar-refractivity contribution is 5.97. The van der Waals surface area contributed by atoms with Crippen molar-refractivity contribution < 1.29 is 9.59 Å². The van der Waals surface area contributed by atoms with Crippen molar-refractivity contribution >= 4 is 11.8 Å². The molecule has 0 N–H and O–H groups in total. The summed E-state index contributed by atoms with van der Waals surface area (Å²) in [5.41, 5.74) is -0.379. The zero-order valence-corrected chi connectivity index (χ0v) is 11.3. The molecule has 0 saturated carbocycles. The highest BCUT2D eigenvalue weighted by Crippen LogP contribution is 2.30. The molecule has 0 heterocycles. The van der Waals surface area contributed by atoms with E-state index in [0.717, 1.165) is 19.3 Å². The Hall–Kier alpha value is -0.860. The van der Waals surface area contributed by atoms with Crippen molar-refractivity contribution in [1.29, 1.82) is 0 Å². The number of amides is 2. The van der Waals surface area contributed by atoms with Crippen LogP contribution in [-0.2, 0) is 9.59 Å². The molecule has 1 unspecified atom stereocenters. The molecular formula is C13H25NO2. The molecule has 1 atom stereocenters. The molecule has 0 aliphatic rings. The number of imide groups is 1. The van der Waals surface area contributed by atoms with Crippen LogP contribution < -0.4 is 0 Å². The van der Waals surface area contributed by atoms with E-state index in [4.69, 9.17) is 0 Å². The van der Waals surface area contributed by atoms with Gasteiger partial charge in [-0.05, 0) is 19.8 Å². The highest BCUT2D eigenvalue weighted by Gasteiger charge is 2.35. The van der Waals surface area contributed by atoms with Gasteiger partial charge in [0.25, 0.3) is 0 Å². The standard InChI is InChI=1S/C13H25NO2/c1-6-10-13(5,8-3)12(16)14(9-4)11(15)7-2/h6-10H2,1-5H3. The Balaban J connectivity index is 4.90. The first-order valence-corrected chi connectivity index (χ1v) is 6.31. The fourth-order valence-corrected chi connectivity index (χ4v) is 1.94. The Morgan fingerprint density at radius 2 is 1.69 bits per heavy atom. The van der Waals surface area contributed by atoms with Crippen molar-refractivity contribution in [3.8, 4) is 0 Å². The fourth-order valence-electron chi connectivity index (χ4n) is 1.94. The number of carbonyl (C=O) groups excluding carboxylic acids is 2. The van der Waals surface area contributed by atoms with Crippen molar-refractivity contribution in [2.45, 2.75) is 60.3 Å². The monoisotopic (exact) mass is 227 g/mol. The van der Waals surface area contributed by atoms with Gasteiger partial charge in [-0.25, -0.2) is 0 Å². The van der Waals surface area contributed by atoms with E-state index in [0.29, 0.717) is 13.0 Å². The van der Waals surface area contributed by atoms with E-state index in [2.05, 4.69) is 6.92 Å². The maximum Gasteiger partial charge on any atom is 0.235 e.